The number of carboxylic acids is 2. The van der Waals surface area contributed by atoms with Gasteiger partial charge in [-0.25, -0.2) is 9.59 Å². The number of carboxylic acid groups (broad SMARTS) is 2. The summed E-state index contributed by atoms with van der Waals surface area (Å²) in [6, 6.07) is 33.2. The highest BCUT2D eigenvalue weighted by atomic mass is 16.5. The van der Waals surface area contributed by atoms with E-state index in [1.165, 1.54) is 4.90 Å². The van der Waals surface area contributed by atoms with Crippen LogP contribution < -0.4 is 21.3 Å². The number of carbonyl (C=O) groups excluding carboxylic acids is 4. The van der Waals surface area contributed by atoms with Gasteiger partial charge >= 0.3 is 18.0 Å². The van der Waals surface area contributed by atoms with Crippen LogP contribution in [-0.4, -0.2) is 87.1 Å². The van der Waals surface area contributed by atoms with Gasteiger partial charge in [0.05, 0.1) is 24.3 Å². The number of H-pyrrole nitrogens is 1. The van der Waals surface area contributed by atoms with Crippen LogP contribution in [-0.2, 0) is 48.1 Å². The second-order valence-electron chi connectivity index (χ2n) is 15.6. The first-order valence-electron chi connectivity index (χ1n) is 20.4. The third-order valence-corrected chi connectivity index (χ3v) is 11.4. The lowest BCUT2D eigenvalue weighted by Gasteiger charge is -2.25. The summed E-state index contributed by atoms with van der Waals surface area (Å²) < 4.78 is 5.63. The van der Waals surface area contributed by atoms with Crippen molar-refractivity contribution in [1.82, 2.24) is 20.5 Å². The van der Waals surface area contributed by atoms with Crippen LogP contribution in [0.15, 0.2) is 128 Å². The smallest absolute Gasteiger partial charge is 0.407 e. The summed E-state index contributed by atoms with van der Waals surface area (Å²) >= 11 is 0. The molecule has 0 saturated heterocycles. The molecule has 1 aliphatic heterocycles. The summed E-state index contributed by atoms with van der Waals surface area (Å²) in [4.78, 5) is 83.9. The highest BCUT2D eigenvalue weighted by molar-refractivity contribution is 6.02. The van der Waals surface area contributed by atoms with Crippen LogP contribution >= 0.6 is 0 Å². The molecule has 8 rings (SSSR count). The van der Waals surface area contributed by atoms with E-state index in [4.69, 9.17) is 4.74 Å². The second-order valence-corrected chi connectivity index (χ2v) is 15.6. The van der Waals surface area contributed by atoms with E-state index in [1.54, 1.807) is 54.7 Å². The molecule has 0 spiro atoms. The number of nitrogens with zero attached hydrogens (tertiary/aromatic N) is 1. The van der Waals surface area contributed by atoms with Gasteiger partial charge in [-0.3, -0.25) is 19.2 Å². The number of fused-ring (bicyclic) bond motifs is 5. The molecule has 4 amide bonds. The predicted molar refractivity (Wildman–Crippen MR) is 234 cm³/mol. The molecule has 0 saturated carbocycles. The number of amides is 4. The third kappa shape index (κ3) is 9.37. The van der Waals surface area contributed by atoms with E-state index in [0.717, 1.165) is 38.7 Å². The normalized spacial score (nSPS) is 15.1. The molecule has 3 atom stereocenters. The number of aromatic amines is 1. The van der Waals surface area contributed by atoms with Crippen molar-refractivity contribution in [3.05, 3.63) is 155 Å². The number of anilines is 2. The molecule has 63 heavy (non-hydrogen) atoms. The van der Waals surface area contributed by atoms with Gasteiger partial charge in [0.15, 0.2) is 0 Å². The van der Waals surface area contributed by atoms with E-state index in [0.29, 0.717) is 16.8 Å². The van der Waals surface area contributed by atoms with E-state index < -0.39 is 66.8 Å². The number of carbonyl (C=O) groups is 6. The van der Waals surface area contributed by atoms with Crippen LogP contribution in [0, 0.1) is 0 Å². The Kier molecular flexibility index (Phi) is 12.2. The zero-order chi connectivity index (χ0) is 44.0. The van der Waals surface area contributed by atoms with Gasteiger partial charge in [-0.2, -0.15) is 0 Å². The molecular formula is C48H44N6O9. The fraction of sp³-hybridized carbons (Fsp3) is 0.208. The summed E-state index contributed by atoms with van der Waals surface area (Å²) in [7, 11) is 0. The molecule has 0 bridgehead atoms. The van der Waals surface area contributed by atoms with Gasteiger partial charge in [0.25, 0.3) is 0 Å². The van der Waals surface area contributed by atoms with Crippen molar-refractivity contribution < 1.29 is 43.7 Å². The Bertz CT molecular complexity index is 2670. The number of ether oxygens (including phenoxy) is 1. The summed E-state index contributed by atoms with van der Waals surface area (Å²) in [5.74, 6) is -4.82. The minimum atomic E-state index is -1.55. The molecule has 1 aliphatic carbocycles. The topological polar surface area (TPSA) is 219 Å². The monoisotopic (exact) mass is 848 g/mol. The van der Waals surface area contributed by atoms with Crippen molar-refractivity contribution in [2.75, 3.05) is 23.8 Å². The average Bonchev–Trinajstić information content (AvgIpc) is 3.79. The van der Waals surface area contributed by atoms with Crippen molar-refractivity contribution in [2.24, 2.45) is 0 Å². The number of aromatic nitrogens is 1. The first-order valence-corrected chi connectivity index (χ1v) is 20.4. The molecule has 15 heteroatoms. The molecule has 7 N–H and O–H groups in total. The second kappa shape index (κ2) is 18.4. The highest BCUT2D eigenvalue weighted by Gasteiger charge is 2.35. The van der Waals surface area contributed by atoms with Crippen molar-refractivity contribution in [3.8, 4) is 11.1 Å². The van der Waals surface area contributed by atoms with Gasteiger partial charge in [0, 0.05) is 42.4 Å². The Morgan fingerprint density at radius 2 is 1.46 bits per heavy atom. The number of hydrogen-bond acceptors (Lipinski definition) is 8. The van der Waals surface area contributed by atoms with Crippen LogP contribution in [0.5, 0.6) is 0 Å². The number of para-hydroxylation sites is 2. The summed E-state index contributed by atoms with van der Waals surface area (Å²) in [6.45, 7) is -0.623. The first-order chi connectivity index (χ1) is 30.5. The molecule has 2 heterocycles. The fourth-order valence-electron chi connectivity index (χ4n) is 8.39. The lowest BCUT2D eigenvalue weighted by Crippen LogP contribution is -2.49. The minimum absolute atomic E-state index is 0.0333. The van der Waals surface area contributed by atoms with Gasteiger partial charge in [0.1, 0.15) is 24.7 Å². The zero-order valence-electron chi connectivity index (χ0n) is 33.9. The SMILES string of the molecule is O=C(O)C[C@H](NC(=O)OCC1c2ccccc2-c2ccccc21)C(=O)Nc1cccc2c1N[C@@H](Cc1c[nH]c3ccccc13)C(=O)N(CC(=O)N[C@@H](Cc1ccccc1)C(=O)O)C2. The molecule has 5 aromatic carbocycles. The number of alkyl carbamates (subject to hydrolysis) is 1. The van der Waals surface area contributed by atoms with Gasteiger partial charge < -0.3 is 46.1 Å². The number of rotatable bonds is 15. The Labute approximate surface area is 361 Å². The van der Waals surface area contributed by atoms with Crippen LogP contribution in [0.2, 0.25) is 0 Å². The Balaban J connectivity index is 1.01. The predicted octanol–water partition coefficient (Wildman–Crippen LogP) is 5.67. The number of aliphatic carboxylic acids is 2. The molecule has 15 nitrogen and oxygen atoms in total. The van der Waals surface area contributed by atoms with Gasteiger partial charge in [0.2, 0.25) is 17.7 Å². The largest absolute Gasteiger partial charge is 0.481 e. The standard InChI is InChI=1S/C48H44N6O9/c55-42(50-41(47(60)61)21-28-11-2-1-3-12-28)26-54-25-29-13-10-20-38(44(29)51-40(46(54)59)22-30-24-49-37-19-9-8-14-31(30)37)52-45(58)39(23-43(56)57)53-48(62)63-27-36-34-17-6-4-15-32(34)33-16-5-7-18-35(33)36/h1-20,24,36,39-41,49,51H,21-23,25-27H2,(H,50,55)(H,52,58)(H,53,62)(H,56,57)(H,60,61)/t39-,40-,41-/m0/s1. The van der Waals surface area contributed by atoms with Crippen LogP contribution in [0.4, 0.5) is 16.2 Å². The van der Waals surface area contributed by atoms with Gasteiger partial charge in [-0.1, -0.05) is 109 Å². The number of hydrogen-bond donors (Lipinski definition) is 7. The van der Waals surface area contributed by atoms with Crippen molar-refractivity contribution in [1.29, 1.82) is 0 Å². The maximum absolute atomic E-state index is 14.4. The van der Waals surface area contributed by atoms with Crippen molar-refractivity contribution in [3.63, 3.8) is 0 Å². The van der Waals surface area contributed by atoms with Gasteiger partial charge in [-0.05, 0) is 51.1 Å². The summed E-state index contributed by atoms with van der Waals surface area (Å²) in [5.41, 5.74) is 7.43. The van der Waals surface area contributed by atoms with E-state index in [1.807, 2.05) is 72.8 Å². The molecule has 320 valence electrons. The van der Waals surface area contributed by atoms with Gasteiger partial charge in [-0.15, -0.1) is 0 Å². The number of benzene rings is 5. The highest BCUT2D eigenvalue weighted by Crippen LogP contribution is 2.44. The third-order valence-electron chi connectivity index (χ3n) is 11.4. The lowest BCUT2D eigenvalue weighted by atomic mass is 9.98. The maximum Gasteiger partial charge on any atom is 0.407 e. The molecule has 6 aromatic rings. The number of nitrogens with one attached hydrogen (secondary N) is 5. The molecule has 0 fully saturated rings. The molecular weight excluding hydrogens is 805 g/mol. The zero-order valence-corrected chi connectivity index (χ0v) is 33.9. The Morgan fingerprint density at radius 1 is 0.778 bits per heavy atom. The fourth-order valence-corrected chi connectivity index (χ4v) is 8.39. The van der Waals surface area contributed by atoms with E-state index in [-0.39, 0.29) is 37.6 Å². The van der Waals surface area contributed by atoms with Crippen molar-refractivity contribution >= 4 is 58.0 Å². The average molecular weight is 849 g/mol. The summed E-state index contributed by atoms with van der Waals surface area (Å²) in [5, 5.41) is 31.7. The molecule has 1 aromatic heterocycles. The van der Waals surface area contributed by atoms with Crippen LogP contribution in [0.3, 0.4) is 0 Å². The minimum Gasteiger partial charge on any atom is -0.481 e. The van der Waals surface area contributed by atoms with E-state index in [2.05, 4.69) is 26.3 Å². The Hall–Kier alpha value is -7.94. The van der Waals surface area contributed by atoms with E-state index in [9.17, 15) is 39.0 Å². The van der Waals surface area contributed by atoms with Crippen LogP contribution in [0.25, 0.3) is 22.0 Å². The first kappa shape index (κ1) is 41.8. The van der Waals surface area contributed by atoms with E-state index >= 15 is 0 Å². The molecule has 0 unspecified atom stereocenters. The van der Waals surface area contributed by atoms with Crippen molar-refractivity contribution in [2.45, 2.75) is 49.9 Å². The maximum atomic E-state index is 14.4. The Morgan fingerprint density at radius 3 is 2.17 bits per heavy atom. The molecule has 2 aliphatic rings. The lowest BCUT2D eigenvalue weighted by molar-refractivity contribution is -0.142. The quantitative estimate of drug-likeness (QED) is 0.0672. The van der Waals surface area contributed by atoms with Crippen LogP contribution in [0.1, 0.15) is 40.2 Å². The molecule has 0 radical (unpaired) electrons. The summed E-state index contributed by atoms with van der Waals surface area (Å²) in [6.07, 6.45) is 0.244.